The second kappa shape index (κ2) is 7.02. The molecule has 0 aliphatic carbocycles. The van der Waals surface area contributed by atoms with Crippen molar-refractivity contribution in [3.05, 3.63) is 67.6 Å². The quantitative estimate of drug-likeness (QED) is 0.766. The molecule has 0 fully saturated rings. The van der Waals surface area contributed by atoms with Crippen LogP contribution in [0.5, 0.6) is 0 Å². The molecule has 0 saturated heterocycles. The zero-order chi connectivity index (χ0) is 14.7. The number of halogens is 4. The molecule has 0 spiro atoms. The molecule has 2 N–H and O–H groups in total. The van der Waals surface area contributed by atoms with Crippen molar-refractivity contribution in [2.75, 3.05) is 6.54 Å². The van der Waals surface area contributed by atoms with E-state index in [1.165, 1.54) is 0 Å². The summed E-state index contributed by atoms with van der Waals surface area (Å²) in [4.78, 5) is 0. The predicted octanol–water partition coefficient (Wildman–Crippen LogP) is 5.59. The van der Waals surface area contributed by atoms with E-state index in [2.05, 4.69) is 0 Å². The van der Waals surface area contributed by atoms with Crippen LogP contribution in [0.1, 0.15) is 17.0 Å². The lowest BCUT2D eigenvalue weighted by molar-refractivity contribution is 0.694. The average molecular weight is 349 g/mol. The van der Waals surface area contributed by atoms with Gasteiger partial charge in [-0.3, -0.25) is 0 Å². The molecule has 0 saturated carbocycles. The van der Waals surface area contributed by atoms with Crippen LogP contribution in [-0.2, 0) is 6.42 Å². The molecule has 0 radical (unpaired) electrons. The SMILES string of the molecule is NCC(Cc1ccc(Cl)c(Cl)c1)c1ccc(Cl)c(Cl)c1. The highest BCUT2D eigenvalue weighted by Gasteiger charge is 2.13. The number of hydrogen-bond donors (Lipinski definition) is 1. The van der Waals surface area contributed by atoms with Gasteiger partial charge in [-0.15, -0.1) is 0 Å². The molecule has 2 rings (SSSR count). The molecule has 0 amide bonds. The van der Waals surface area contributed by atoms with Crippen LogP contribution >= 0.6 is 46.4 Å². The van der Waals surface area contributed by atoms with Crippen LogP contribution in [0, 0.1) is 0 Å². The normalized spacial score (nSPS) is 12.4. The van der Waals surface area contributed by atoms with E-state index in [1.807, 2.05) is 24.3 Å². The Balaban J connectivity index is 2.23. The summed E-state index contributed by atoms with van der Waals surface area (Å²) in [5.41, 5.74) is 8.02. The van der Waals surface area contributed by atoms with Gasteiger partial charge >= 0.3 is 0 Å². The van der Waals surface area contributed by atoms with Crippen LogP contribution in [0.25, 0.3) is 0 Å². The third-order valence-corrected chi connectivity index (χ3v) is 4.64. The summed E-state index contributed by atoms with van der Waals surface area (Å²) >= 11 is 23.9. The second-order valence-electron chi connectivity index (χ2n) is 4.56. The van der Waals surface area contributed by atoms with E-state index in [0.29, 0.717) is 26.6 Å². The third kappa shape index (κ3) is 3.81. The lowest BCUT2D eigenvalue weighted by Gasteiger charge is -2.16. The zero-order valence-electron chi connectivity index (χ0n) is 10.5. The number of rotatable bonds is 4. The largest absolute Gasteiger partial charge is 0.330 e. The first-order chi connectivity index (χ1) is 9.51. The molecule has 0 aliphatic heterocycles. The Morgan fingerprint density at radius 3 is 1.95 bits per heavy atom. The van der Waals surface area contributed by atoms with Crippen LogP contribution < -0.4 is 5.73 Å². The van der Waals surface area contributed by atoms with Crippen LogP contribution in [0.4, 0.5) is 0 Å². The third-order valence-electron chi connectivity index (χ3n) is 3.17. The van der Waals surface area contributed by atoms with Gasteiger partial charge in [-0.05, 0) is 48.4 Å². The summed E-state index contributed by atoms with van der Waals surface area (Å²) < 4.78 is 0. The van der Waals surface area contributed by atoms with E-state index in [0.717, 1.165) is 17.5 Å². The van der Waals surface area contributed by atoms with Crippen molar-refractivity contribution in [2.24, 2.45) is 5.73 Å². The van der Waals surface area contributed by atoms with Crippen molar-refractivity contribution < 1.29 is 0 Å². The molecule has 2 aromatic carbocycles. The van der Waals surface area contributed by atoms with Gasteiger partial charge in [-0.2, -0.15) is 0 Å². The minimum atomic E-state index is 0.155. The lowest BCUT2D eigenvalue weighted by atomic mass is 9.92. The number of benzene rings is 2. The fraction of sp³-hybridized carbons (Fsp3) is 0.200. The van der Waals surface area contributed by atoms with Gasteiger partial charge in [0.25, 0.3) is 0 Å². The molecule has 2 aromatic rings. The molecule has 0 aliphatic rings. The first-order valence-electron chi connectivity index (χ1n) is 6.10. The van der Waals surface area contributed by atoms with Crippen molar-refractivity contribution in [1.29, 1.82) is 0 Å². The smallest absolute Gasteiger partial charge is 0.0595 e. The molecule has 0 aromatic heterocycles. The van der Waals surface area contributed by atoms with Crippen molar-refractivity contribution in [1.82, 2.24) is 0 Å². The van der Waals surface area contributed by atoms with Gasteiger partial charge in [-0.25, -0.2) is 0 Å². The Labute approximate surface area is 138 Å². The second-order valence-corrected chi connectivity index (χ2v) is 6.19. The maximum atomic E-state index is 6.05. The highest BCUT2D eigenvalue weighted by molar-refractivity contribution is 6.42. The van der Waals surface area contributed by atoms with Gasteiger partial charge in [0, 0.05) is 5.92 Å². The van der Waals surface area contributed by atoms with Gasteiger partial charge in [0.1, 0.15) is 0 Å². The summed E-state index contributed by atoms with van der Waals surface area (Å²) in [6.07, 6.45) is 0.769. The predicted molar refractivity (Wildman–Crippen MR) is 88.4 cm³/mol. The number of hydrogen-bond acceptors (Lipinski definition) is 1. The summed E-state index contributed by atoms with van der Waals surface area (Å²) in [6.45, 7) is 0.512. The van der Waals surface area contributed by atoms with Gasteiger partial charge in [0.15, 0.2) is 0 Å². The van der Waals surface area contributed by atoms with Crippen LogP contribution in [0.15, 0.2) is 36.4 Å². The molecule has 0 heterocycles. The first kappa shape index (κ1) is 15.9. The van der Waals surface area contributed by atoms with Crippen molar-refractivity contribution in [3.63, 3.8) is 0 Å². The van der Waals surface area contributed by atoms with E-state index < -0.39 is 0 Å². The Hall–Kier alpha value is -0.440. The van der Waals surface area contributed by atoms with Gasteiger partial charge in [0.05, 0.1) is 20.1 Å². The maximum absolute atomic E-state index is 6.05. The van der Waals surface area contributed by atoms with E-state index in [-0.39, 0.29) is 5.92 Å². The minimum absolute atomic E-state index is 0.155. The average Bonchev–Trinajstić information content (AvgIpc) is 2.43. The van der Waals surface area contributed by atoms with Crippen LogP contribution in [-0.4, -0.2) is 6.54 Å². The number of nitrogens with two attached hydrogens (primary N) is 1. The zero-order valence-corrected chi connectivity index (χ0v) is 13.6. The lowest BCUT2D eigenvalue weighted by Crippen LogP contribution is -2.15. The molecular weight excluding hydrogens is 336 g/mol. The van der Waals surface area contributed by atoms with Gasteiger partial charge in [-0.1, -0.05) is 58.5 Å². The fourth-order valence-electron chi connectivity index (χ4n) is 2.05. The van der Waals surface area contributed by atoms with Gasteiger partial charge < -0.3 is 5.73 Å². The molecule has 1 atom stereocenters. The molecule has 1 unspecified atom stereocenters. The van der Waals surface area contributed by atoms with E-state index >= 15 is 0 Å². The fourth-order valence-corrected chi connectivity index (χ4v) is 2.68. The van der Waals surface area contributed by atoms with Crippen LogP contribution in [0.2, 0.25) is 20.1 Å². The summed E-state index contributed by atoms with van der Waals surface area (Å²) in [7, 11) is 0. The Morgan fingerprint density at radius 2 is 1.40 bits per heavy atom. The Bertz CT molecular complexity index is 613. The van der Waals surface area contributed by atoms with Crippen molar-refractivity contribution in [3.8, 4) is 0 Å². The summed E-state index contributed by atoms with van der Waals surface area (Å²) in [5, 5.41) is 2.18. The summed E-state index contributed by atoms with van der Waals surface area (Å²) in [6, 6.07) is 11.2. The minimum Gasteiger partial charge on any atom is -0.330 e. The molecule has 5 heteroatoms. The maximum Gasteiger partial charge on any atom is 0.0595 e. The standard InChI is InChI=1S/C15H13Cl4N/c16-12-3-1-9(6-14(12)18)5-11(8-20)10-2-4-13(17)15(19)7-10/h1-4,6-7,11H,5,8,20H2. The van der Waals surface area contributed by atoms with Crippen molar-refractivity contribution >= 4 is 46.4 Å². The van der Waals surface area contributed by atoms with Crippen molar-refractivity contribution in [2.45, 2.75) is 12.3 Å². The van der Waals surface area contributed by atoms with E-state index in [9.17, 15) is 0 Å². The van der Waals surface area contributed by atoms with E-state index in [4.69, 9.17) is 52.1 Å². The molecular formula is C15H13Cl4N. The highest BCUT2D eigenvalue weighted by atomic mass is 35.5. The molecule has 106 valence electrons. The topological polar surface area (TPSA) is 26.0 Å². The highest BCUT2D eigenvalue weighted by Crippen LogP contribution is 2.29. The Morgan fingerprint density at radius 1 is 0.800 bits per heavy atom. The first-order valence-corrected chi connectivity index (χ1v) is 7.61. The van der Waals surface area contributed by atoms with Crippen LogP contribution in [0.3, 0.4) is 0 Å². The molecule has 20 heavy (non-hydrogen) atoms. The molecule has 0 bridgehead atoms. The summed E-state index contributed by atoms with van der Waals surface area (Å²) in [5.74, 6) is 0.155. The van der Waals surface area contributed by atoms with Gasteiger partial charge in [0.2, 0.25) is 0 Å². The molecule has 1 nitrogen and oxygen atoms in total. The monoisotopic (exact) mass is 347 g/mol. The van der Waals surface area contributed by atoms with E-state index in [1.54, 1.807) is 12.1 Å². The Kier molecular flexibility index (Phi) is 5.59.